The van der Waals surface area contributed by atoms with Crippen LogP contribution < -0.4 is 0 Å². The molecule has 0 aromatic heterocycles. The van der Waals surface area contributed by atoms with Gasteiger partial charge in [-0.1, -0.05) is 0 Å². The van der Waals surface area contributed by atoms with Crippen molar-refractivity contribution in [2.45, 2.75) is 0 Å². The van der Waals surface area contributed by atoms with E-state index in [4.69, 9.17) is 0 Å². The minimum atomic E-state index is -1.01. The van der Waals surface area contributed by atoms with Gasteiger partial charge in [0.05, 0.1) is 0 Å². The first-order valence-corrected chi connectivity index (χ1v) is 3.35. The van der Waals surface area contributed by atoms with Gasteiger partial charge in [-0.25, -0.2) is 0 Å². The number of amides is 2. The molecule has 2 amide bonds. The Bertz CT molecular complexity index is 199. The maximum Gasteiger partial charge on any atom is 0.307 e. The van der Waals surface area contributed by atoms with Crippen molar-refractivity contribution in [1.29, 1.82) is 0 Å². The van der Waals surface area contributed by atoms with Crippen LogP contribution >= 0.6 is 0 Å². The predicted molar refractivity (Wildman–Crippen MR) is 42.4 cm³/mol. The highest BCUT2D eigenvalue weighted by Gasteiger charge is 2.25. The van der Waals surface area contributed by atoms with Crippen molar-refractivity contribution in [2.24, 2.45) is 0 Å². The van der Waals surface area contributed by atoms with E-state index < -0.39 is 17.6 Å². The van der Waals surface area contributed by atoms with Crippen LogP contribution in [0.25, 0.3) is 0 Å². The summed E-state index contributed by atoms with van der Waals surface area (Å²) in [5.74, 6) is -2.60. The summed E-state index contributed by atoms with van der Waals surface area (Å²) in [5.41, 5.74) is 0. The zero-order valence-corrected chi connectivity index (χ0v) is 7.62. The van der Waals surface area contributed by atoms with E-state index in [9.17, 15) is 14.4 Å². The summed E-state index contributed by atoms with van der Waals surface area (Å²) in [6, 6.07) is 0. The van der Waals surface area contributed by atoms with Gasteiger partial charge in [0.2, 0.25) is 0 Å². The Hall–Kier alpha value is -1.39. The van der Waals surface area contributed by atoms with Crippen molar-refractivity contribution in [3.05, 3.63) is 0 Å². The number of rotatable bonds is 2. The monoisotopic (exact) mass is 172 g/mol. The molecule has 0 N–H and O–H groups in total. The molecule has 0 bridgehead atoms. The van der Waals surface area contributed by atoms with Crippen LogP contribution in [0.15, 0.2) is 0 Å². The summed E-state index contributed by atoms with van der Waals surface area (Å²) in [5, 5.41) is 0. The number of carbonyl (C=O) groups is 3. The molecule has 0 aromatic rings. The molecular weight excluding hydrogens is 160 g/mol. The molecule has 12 heavy (non-hydrogen) atoms. The summed E-state index contributed by atoms with van der Waals surface area (Å²) in [4.78, 5) is 34.9. The average Bonchev–Trinajstić information content (AvgIpc) is 2.00. The van der Waals surface area contributed by atoms with Gasteiger partial charge in [-0.15, -0.1) is 0 Å². The second-order valence-electron chi connectivity index (χ2n) is 2.73. The van der Waals surface area contributed by atoms with Gasteiger partial charge in [0, 0.05) is 28.2 Å². The normalized spacial score (nSPS) is 9.00. The summed E-state index contributed by atoms with van der Waals surface area (Å²) < 4.78 is 0. The van der Waals surface area contributed by atoms with Gasteiger partial charge in [0.25, 0.3) is 11.8 Å². The number of carbonyl (C=O) groups excluding carboxylic acids is 3. The molecule has 0 radical (unpaired) electrons. The van der Waals surface area contributed by atoms with E-state index in [1.807, 2.05) is 0 Å². The summed E-state index contributed by atoms with van der Waals surface area (Å²) in [6.07, 6.45) is 0. The summed E-state index contributed by atoms with van der Waals surface area (Å²) >= 11 is 0. The van der Waals surface area contributed by atoms with E-state index in [0.29, 0.717) is 0 Å². The molecule has 68 valence electrons. The maximum absolute atomic E-state index is 10.9. The average molecular weight is 172 g/mol. The fourth-order valence-electron chi connectivity index (χ4n) is 0.498. The van der Waals surface area contributed by atoms with E-state index in [-0.39, 0.29) is 0 Å². The van der Waals surface area contributed by atoms with E-state index in [0.717, 1.165) is 9.80 Å². The highest BCUT2D eigenvalue weighted by Crippen LogP contribution is 1.86. The van der Waals surface area contributed by atoms with Gasteiger partial charge in [0.1, 0.15) is 0 Å². The Morgan fingerprint density at radius 2 is 1.00 bits per heavy atom. The van der Waals surface area contributed by atoms with Crippen molar-refractivity contribution in [3.8, 4) is 0 Å². The molecule has 5 heteroatoms. The zero-order chi connectivity index (χ0) is 9.89. The molecule has 0 saturated carbocycles. The maximum atomic E-state index is 10.9. The molecule has 0 rings (SSSR count). The quantitative estimate of drug-likeness (QED) is 0.385. The van der Waals surface area contributed by atoms with Crippen LogP contribution in [-0.2, 0) is 14.4 Å². The second-order valence-corrected chi connectivity index (χ2v) is 2.73. The highest BCUT2D eigenvalue weighted by atomic mass is 16.2. The smallest absolute Gasteiger partial charge is 0.307 e. The second kappa shape index (κ2) is 3.85. The molecular formula is C7H12N2O3. The first-order valence-electron chi connectivity index (χ1n) is 3.35. The molecule has 5 nitrogen and oxygen atoms in total. The van der Waals surface area contributed by atoms with Crippen LogP contribution in [-0.4, -0.2) is 55.6 Å². The Morgan fingerprint density at radius 3 is 1.17 bits per heavy atom. The van der Waals surface area contributed by atoms with Gasteiger partial charge in [-0.05, 0) is 0 Å². The minimum Gasteiger partial charge on any atom is -0.342 e. The Labute approximate surface area is 70.9 Å². The first kappa shape index (κ1) is 10.6. The number of likely N-dealkylation sites (N-methyl/N-ethyl adjacent to an activating group) is 2. The number of Topliss-reactive ketones (excluding diaryl/α,β-unsaturated/α-hetero) is 1. The standard InChI is InChI=1S/C7H12N2O3/c1-8(2)6(11)5(10)7(12)9(3)4/h1-4H3. The lowest BCUT2D eigenvalue weighted by Gasteiger charge is -2.11. The molecule has 0 aliphatic heterocycles. The topological polar surface area (TPSA) is 57.7 Å². The number of nitrogens with zero attached hydrogens (tertiary/aromatic N) is 2. The number of ketones is 1. The summed E-state index contributed by atoms with van der Waals surface area (Å²) in [7, 11) is 5.68. The van der Waals surface area contributed by atoms with Crippen LogP contribution in [0.5, 0.6) is 0 Å². The highest BCUT2D eigenvalue weighted by molar-refractivity contribution is 6.62. The molecule has 0 fully saturated rings. The molecule has 0 aliphatic carbocycles. The minimum absolute atomic E-state index is 0.797. The van der Waals surface area contributed by atoms with Crippen LogP contribution in [0.1, 0.15) is 0 Å². The molecule has 0 unspecified atom stereocenters. The van der Waals surface area contributed by atoms with Gasteiger partial charge >= 0.3 is 5.78 Å². The van der Waals surface area contributed by atoms with Gasteiger partial charge in [-0.3, -0.25) is 14.4 Å². The van der Waals surface area contributed by atoms with Crippen molar-refractivity contribution >= 4 is 17.6 Å². The zero-order valence-electron chi connectivity index (χ0n) is 7.62. The van der Waals surface area contributed by atoms with Gasteiger partial charge in [0.15, 0.2) is 0 Å². The van der Waals surface area contributed by atoms with Crippen LogP contribution in [0, 0.1) is 0 Å². The fourth-order valence-corrected chi connectivity index (χ4v) is 0.498. The van der Waals surface area contributed by atoms with Crippen molar-refractivity contribution in [1.82, 2.24) is 9.80 Å². The Kier molecular flexibility index (Phi) is 3.40. The van der Waals surface area contributed by atoms with E-state index in [1.165, 1.54) is 28.2 Å². The fraction of sp³-hybridized carbons (Fsp3) is 0.571. The third-order valence-electron chi connectivity index (χ3n) is 1.20. The lowest BCUT2D eigenvalue weighted by atomic mass is 10.3. The van der Waals surface area contributed by atoms with E-state index >= 15 is 0 Å². The van der Waals surface area contributed by atoms with Crippen LogP contribution in [0.4, 0.5) is 0 Å². The predicted octanol–water partition coefficient (Wildman–Crippen LogP) is -1.27. The van der Waals surface area contributed by atoms with E-state index in [1.54, 1.807) is 0 Å². The third-order valence-corrected chi connectivity index (χ3v) is 1.20. The summed E-state index contributed by atoms with van der Waals surface area (Å²) in [6.45, 7) is 0. The van der Waals surface area contributed by atoms with Gasteiger partial charge in [-0.2, -0.15) is 0 Å². The molecule has 0 heterocycles. The third kappa shape index (κ3) is 2.34. The number of hydrogen-bond acceptors (Lipinski definition) is 3. The lowest BCUT2D eigenvalue weighted by Crippen LogP contribution is -2.40. The van der Waals surface area contributed by atoms with Crippen LogP contribution in [0.2, 0.25) is 0 Å². The van der Waals surface area contributed by atoms with Crippen molar-refractivity contribution in [3.63, 3.8) is 0 Å². The number of hydrogen-bond donors (Lipinski definition) is 0. The SMILES string of the molecule is CN(C)C(=O)C(=O)C(=O)N(C)C. The molecule has 0 atom stereocenters. The Balaban J connectivity index is 4.41. The van der Waals surface area contributed by atoms with E-state index in [2.05, 4.69) is 0 Å². The van der Waals surface area contributed by atoms with Gasteiger partial charge < -0.3 is 9.80 Å². The molecule has 0 aliphatic rings. The van der Waals surface area contributed by atoms with Crippen molar-refractivity contribution < 1.29 is 14.4 Å². The van der Waals surface area contributed by atoms with Crippen LogP contribution in [0.3, 0.4) is 0 Å². The van der Waals surface area contributed by atoms with Crippen molar-refractivity contribution in [2.75, 3.05) is 28.2 Å². The molecule has 0 saturated heterocycles. The first-order chi connectivity index (χ1) is 5.37. The lowest BCUT2D eigenvalue weighted by molar-refractivity contribution is -0.151. The molecule has 0 spiro atoms. The molecule has 0 aromatic carbocycles. The Morgan fingerprint density at radius 1 is 0.750 bits per heavy atom. The largest absolute Gasteiger partial charge is 0.342 e.